The minimum atomic E-state index is -4.21. The van der Waals surface area contributed by atoms with Gasteiger partial charge in [-0.2, -0.15) is 0 Å². The molecule has 1 N–H and O–H groups in total. The maximum Gasteiger partial charge on any atom is 0.264 e. The van der Waals surface area contributed by atoms with E-state index in [9.17, 15) is 18.0 Å². The molecule has 208 valence electrons. The summed E-state index contributed by atoms with van der Waals surface area (Å²) in [6.07, 6.45) is 0. The van der Waals surface area contributed by atoms with Crippen LogP contribution >= 0.6 is 34.8 Å². The fraction of sp³-hybridized carbons (Fsp3) is 0.286. The van der Waals surface area contributed by atoms with Gasteiger partial charge in [-0.3, -0.25) is 13.9 Å². The number of nitrogens with zero attached hydrogens (tertiary/aromatic N) is 2. The second-order valence-electron chi connectivity index (χ2n) is 9.95. The summed E-state index contributed by atoms with van der Waals surface area (Å²) in [6.45, 7) is 6.38. The monoisotopic (exact) mass is 609 g/mol. The van der Waals surface area contributed by atoms with Crippen molar-refractivity contribution in [3.05, 3.63) is 93.4 Å². The van der Waals surface area contributed by atoms with Crippen LogP contribution in [0, 0.1) is 0 Å². The predicted octanol–water partition coefficient (Wildman–Crippen LogP) is 6.17. The maximum atomic E-state index is 13.9. The van der Waals surface area contributed by atoms with Crippen LogP contribution in [0.1, 0.15) is 33.3 Å². The minimum Gasteiger partial charge on any atom is -0.350 e. The molecular formula is C28H30Cl3N3O4S. The Bertz CT molecular complexity index is 1440. The van der Waals surface area contributed by atoms with Crippen molar-refractivity contribution in [2.45, 2.75) is 50.7 Å². The van der Waals surface area contributed by atoms with Gasteiger partial charge in [0.1, 0.15) is 12.6 Å². The lowest BCUT2D eigenvalue weighted by atomic mass is 10.1. The molecule has 1 unspecified atom stereocenters. The van der Waals surface area contributed by atoms with Gasteiger partial charge in [0.25, 0.3) is 10.0 Å². The Morgan fingerprint density at radius 3 is 2.10 bits per heavy atom. The van der Waals surface area contributed by atoms with E-state index < -0.39 is 40.0 Å². The van der Waals surface area contributed by atoms with Crippen LogP contribution in [0.25, 0.3) is 0 Å². The molecule has 0 radical (unpaired) electrons. The van der Waals surface area contributed by atoms with E-state index in [0.29, 0.717) is 15.6 Å². The van der Waals surface area contributed by atoms with E-state index in [4.69, 9.17) is 34.8 Å². The molecule has 7 nitrogen and oxygen atoms in total. The molecule has 0 saturated carbocycles. The highest BCUT2D eigenvalue weighted by Crippen LogP contribution is 2.31. The van der Waals surface area contributed by atoms with Gasteiger partial charge in [-0.05, 0) is 69.7 Å². The van der Waals surface area contributed by atoms with Gasteiger partial charge in [0.05, 0.1) is 15.6 Å². The van der Waals surface area contributed by atoms with Crippen molar-refractivity contribution in [1.29, 1.82) is 0 Å². The van der Waals surface area contributed by atoms with Gasteiger partial charge in [-0.25, -0.2) is 8.42 Å². The predicted molar refractivity (Wildman–Crippen MR) is 157 cm³/mol. The Labute approximate surface area is 244 Å². The van der Waals surface area contributed by atoms with Crippen LogP contribution in [-0.2, 0) is 26.2 Å². The Morgan fingerprint density at radius 1 is 0.897 bits per heavy atom. The lowest BCUT2D eigenvalue weighted by Crippen LogP contribution is -2.54. The third-order valence-corrected chi connectivity index (χ3v) is 8.43. The number of nitrogens with one attached hydrogen (secondary N) is 1. The molecule has 0 heterocycles. The van der Waals surface area contributed by atoms with Crippen LogP contribution in [0.3, 0.4) is 0 Å². The van der Waals surface area contributed by atoms with Crippen molar-refractivity contribution >= 4 is 62.3 Å². The van der Waals surface area contributed by atoms with E-state index in [1.807, 2.05) is 20.8 Å². The van der Waals surface area contributed by atoms with Crippen LogP contribution in [0.5, 0.6) is 0 Å². The molecule has 11 heteroatoms. The number of amides is 2. The maximum absolute atomic E-state index is 13.9. The lowest BCUT2D eigenvalue weighted by molar-refractivity contribution is -0.140. The van der Waals surface area contributed by atoms with Crippen molar-refractivity contribution in [1.82, 2.24) is 10.2 Å². The molecule has 39 heavy (non-hydrogen) atoms. The van der Waals surface area contributed by atoms with Gasteiger partial charge < -0.3 is 10.2 Å². The van der Waals surface area contributed by atoms with Crippen molar-refractivity contribution in [3.8, 4) is 0 Å². The molecule has 0 aliphatic carbocycles. The average Bonchev–Trinajstić information content (AvgIpc) is 2.86. The summed E-state index contributed by atoms with van der Waals surface area (Å²) < 4.78 is 28.5. The van der Waals surface area contributed by atoms with E-state index in [1.165, 1.54) is 29.2 Å². The second kappa shape index (κ2) is 12.6. The number of hydrogen-bond acceptors (Lipinski definition) is 4. The van der Waals surface area contributed by atoms with Gasteiger partial charge in [-0.15, -0.1) is 0 Å². The first-order valence-electron chi connectivity index (χ1n) is 12.1. The van der Waals surface area contributed by atoms with Gasteiger partial charge in [-0.1, -0.05) is 71.2 Å². The first-order valence-corrected chi connectivity index (χ1v) is 14.7. The number of benzene rings is 3. The Kier molecular flexibility index (Phi) is 9.93. The molecule has 0 saturated heterocycles. The Balaban J connectivity index is 2.06. The number of rotatable bonds is 9. The summed E-state index contributed by atoms with van der Waals surface area (Å²) in [5.74, 6) is -1.03. The van der Waals surface area contributed by atoms with E-state index in [2.05, 4.69) is 5.32 Å². The number of carbonyl (C=O) groups is 2. The standard InChI is InChI=1S/C28H30Cl3N3O4S/c1-19(27(36)32-28(2,3)4)33(17-20-14-15-21(29)16-24(20)31)26(35)18-34(25-13-9-8-12-23(25)30)39(37,38)22-10-6-5-7-11-22/h5-16,19H,17-18H2,1-4H3,(H,32,36). The van der Waals surface area contributed by atoms with Crippen LogP contribution in [0.4, 0.5) is 5.69 Å². The van der Waals surface area contributed by atoms with Crippen LogP contribution < -0.4 is 9.62 Å². The first kappa shape index (κ1) is 30.8. The average molecular weight is 611 g/mol. The van der Waals surface area contributed by atoms with Crippen LogP contribution in [-0.4, -0.2) is 43.3 Å². The smallest absolute Gasteiger partial charge is 0.264 e. The molecule has 0 fully saturated rings. The minimum absolute atomic E-state index is 0.0106. The number of para-hydroxylation sites is 1. The lowest BCUT2D eigenvalue weighted by Gasteiger charge is -2.33. The molecule has 0 bridgehead atoms. The molecule has 0 aromatic heterocycles. The molecule has 0 spiro atoms. The van der Waals surface area contributed by atoms with Crippen molar-refractivity contribution in [2.24, 2.45) is 0 Å². The summed E-state index contributed by atoms with van der Waals surface area (Å²) in [4.78, 5) is 28.4. The molecule has 0 aliphatic heterocycles. The normalized spacial score (nSPS) is 12.5. The summed E-state index contributed by atoms with van der Waals surface area (Å²) >= 11 is 18.8. The van der Waals surface area contributed by atoms with Crippen molar-refractivity contribution < 1.29 is 18.0 Å². The number of halogens is 3. The molecule has 1 atom stereocenters. The van der Waals surface area contributed by atoms with E-state index >= 15 is 0 Å². The highest BCUT2D eigenvalue weighted by molar-refractivity contribution is 7.92. The van der Waals surface area contributed by atoms with Gasteiger partial charge in [0.15, 0.2) is 0 Å². The van der Waals surface area contributed by atoms with Gasteiger partial charge in [0, 0.05) is 22.1 Å². The quantitative estimate of drug-likeness (QED) is 0.314. The van der Waals surface area contributed by atoms with Crippen molar-refractivity contribution in [2.75, 3.05) is 10.8 Å². The first-order chi connectivity index (χ1) is 18.2. The van der Waals surface area contributed by atoms with Gasteiger partial charge >= 0.3 is 0 Å². The fourth-order valence-electron chi connectivity index (χ4n) is 3.78. The second-order valence-corrected chi connectivity index (χ2v) is 13.1. The molecule has 2 amide bonds. The SMILES string of the molecule is CC(C(=O)NC(C)(C)C)N(Cc1ccc(Cl)cc1Cl)C(=O)CN(c1ccccc1Cl)S(=O)(=O)c1ccccc1. The van der Waals surface area contributed by atoms with Crippen LogP contribution in [0.2, 0.25) is 15.1 Å². The zero-order chi connectivity index (χ0) is 29.0. The summed E-state index contributed by atoms with van der Waals surface area (Å²) in [7, 11) is -4.21. The zero-order valence-corrected chi connectivity index (χ0v) is 25.1. The summed E-state index contributed by atoms with van der Waals surface area (Å²) in [5, 5.41) is 3.75. The number of sulfonamides is 1. The summed E-state index contributed by atoms with van der Waals surface area (Å²) in [5.41, 5.74) is 0.116. The molecule has 0 aliphatic rings. The van der Waals surface area contributed by atoms with E-state index in [0.717, 1.165) is 4.31 Å². The molecule has 3 aromatic carbocycles. The third kappa shape index (κ3) is 7.88. The Hall–Kier alpha value is -2.78. The van der Waals surface area contributed by atoms with E-state index in [-0.39, 0.29) is 22.2 Å². The van der Waals surface area contributed by atoms with Crippen LogP contribution in [0.15, 0.2) is 77.7 Å². The van der Waals surface area contributed by atoms with Gasteiger partial charge in [0.2, 0.25) is 11.8 Å². The molecule has 3 rings (SSSR count). The molecular weight excluding hydrogens is 581 g/mol. The fourth-order valence-corrected chi connectivity index (χ4v) is 5.99. The molecule has 3 aromatic rings. The van der Waals surface area contributed by atoms with E-state index in [1.54, 1.807) is 55.5 Å². The highest BCUT2D eigenvalue weighted by atomic mass is 35.5. The Morgan fingerprint density at radius 2 is 1.51 bits per heavy atom. The number of carbonyl (C=O) groups excluding carboxylic acids is 2. The van der Waals surface area contributed by atoms with Crippen molar-refractivity contribution in [3.63, 3.8) is 0 Å². The number of hydrogen-bond donors (Lipinski definition) is 1. The summed E-state index contributed by atoms with van der Waals surface area (Å²) in [6, 6.07) is 18.0. The topological polar surface area (TPSA) is 86.8 Å². The number of anilines is 1. The zero-order valence-electron chi connectivity index (χ0n) is 22.0. The largest absolute Gasteiger partial charge is 0.350 e. The third-order valence-electron chi connectivity index (χ3n) is 5.75. The highest BCUT2D eigenvalue weighted by Gasteiger charge is 2.34.